The van der Waals surface area contributed by atoms with Gasteiger partial charge in [-0.15, -0.1) is 0 Å². The van der Waals surface area contributed by atoms with Gasteiger partial charge in [0, 0.05) is 19.0 Å². The van der Waals surface area contributed by atoms with Gasteiger partial charge in [0.2, 0.25) is 0 Å². The first-order valence-corrected chi connectivity index (χ1v) is 12.4. The van der Waals surface area contributed by atoms with Gasteiger partial charge >= 0.3 is 0 Å². The number of benzene rings is 2. The monoisotopic (exact) mass is 485 g/mol. The van der Waals surface area contributed by atoms with Crippen molar-refractivity contribution in [1.29, 1.82) is 0 Å². The number of nitrogens with zero attached hydrogens (tertiary/aromatic N) is 5. The Kier molecular flexibility index (Phi) is 6.35. The number of methoxy groups -OCH3 is 2. The Balaban J connectivity index is 1.74. The van der Waals surface area contributed by atoms with E-state index in [4.69, 9.17) is 24.4 Å². The summed E-state index contributed by atoms with van der Waals surface area (Å²) in [5, 5.41) is 0.535. The van der Waals surface area contributed by atoms with Crippen LogP contribution in [0.4, 0.5) is 0 Å². The molecule has 0 radical (unpaired) electrons. The lowest BCUT2D eigenvalue weighted by molar-refractivity contribution is 0.354. The average molecular weight is 486 g/mol. The number of aryl methyl sites for hydroxylation is 3. The first kappa shape index (κ1) is 23.8. The number of aromatic nitrogens is 5. The van der Waals surface area contributed by atoms with Crippen molar-refractivity contribution in [3.63, 3.8) is 0 Å². The smallest absolute Gasteiger partial charge is 0.265 e. The van der Waals surface area contributed by atoms with Crippen LogP contribution in [-0.4, -0.2) is 38.3 Å². The van der Waals surface area contributed by atoms with Gasteiger partial charge in [-0.2, -0.15) is 0 Å². The summed E-state index contributed by atoms with van der Waals surface area (Å²) >= 11 is 0. The van der Waals surface area contributed by atoms with E-state index in [-0.39, 0.29) is 11.6 Å². The quantitative estimate of drug-likeness (QED) is 0.304. The summed E-state index contributed by atoms with van der Waals surface area (Å²) < 4.78 is 14.7. The summed E-state index contributed by atoms with van der Waals surface area (Å²) in [5.41, 5.74) is 4.51. The number of rotatable bonds is 8. The zero-order chi connectivity index (χ0) is 25.4. The van der Waals surface area contributed by atoms with Gasteiger partial charge in [0.25, 0.3) is 5.56 Å². The van der Waals surface area contributed by atoms with Crippen LogP contribution in [0.15, 0.2) is 47.3 Å². The average Bonchev–Trinajstić information content (AvgIpc) is 3.21. The zero-order valence-electron chi connectivity index (χ0n) is 21.4. The van der Waals surface area contributed by atoms with Crippen LogP contribution in [0.2, 0.25) is 0 Å². The summed E-state index contributed by atoms with van der Waals surface area (Å²) in [7, 11) is 3.26. The minimum Gasteiger partial charge on any atom is -0.493 e. The number of fused-ring (bicyclic) bond motifs is 4. The van der Waals surface area contributed by atoms with Crippen molar-refractivity contribution < 1.29 is 9.47 Å². The molecule has 3 aromatic heterocycles. The summed E-state index contributed by atoms with van der Waals surface area (Å²) in [5.74, 6) is 2.16. The van der Waals surface area contributed by atoms with E-state index in [2.05, 4.69) is 13.8 Å². The second kappa shape index (κ2) is 9.60. The molecule has 0 bridgehead atoms. The first-order valence-electron chi connectivity index (χ1n) is 12.4. The van der Waals surface area contributed by atoms with E-state index in [0.717, 1.165) is 28.8 Å². The maximum atomic E-state index is 13.9. The third-order valence-electron chi connectivity index (χ3n) is 6.89. The molecule has 8 heteroatoms. The fourth-order valence-corrected chi connectivity index (χ4v) is 4.79. The molecule has 0 spiro atoms. The highest BCUT2D eigenvalue weighted by molar-refractivity contribution is 6.04. The Morgan fingerprint density at radius 3 is 2.31 bits per heavy atom. The SMILES string of the molecule is CCc1nc2c(c(=O)n1[C@@H](C)CC)c1nc3ccccc3nc1n2CCc1ccc(OC)c(OC)c1. The third kappa shape index (κ3) is 3.86. The Morgan fingerprint density at radius 2 is 1.64 bits per heavy atom. The summed E-state index contributed by atoms with van der Waals surface area (Å²) in [6.45, 7) is 6.77. The van der Waals surface area contributed by atoms with Gasteiger partial charge in [-0.05, 0) is 49.6 Å². The highest BCUT2D eigenvalue weighted by atomic mass is 16.5. The van der Waals surface area contributed by atoms with Crippen molar-refractivity contribution in [3.8, 4) is 11.5 Å². The van der Waals surface area contributed by atoms with Crippen LogP contribution in [0, 0.1) is 0 Å². The third-order valence-corrected chi connectivity index (χ3v) is 6.89. The number of ether oxygens (including phenoxy) is 2. The van der Waals surface area contributed by atoms with E-state index >= 15 is 0 Å². The van der Waals surface area contributed by atoms with Gasteiger partial charge in [-0.25, -0.2) is 15.0 Å². The lowest BCUT2D eigenvalue weighted by Crippen LogP contribution is -2.28. The van der Waals surface area contributed by atoms with Crippen molar-refractivity contribution in [1.82, 2.24) is 24.1 Å². The molecule has 36 heavy (non-hydrogen) atoms. The van der Waals surface area contributed by atoms with Crippen LogP contribution in [0.1, 0.15) is 44.6 Å². The van der Waals surface area contributed by atoms with Gasteiger partial charge in [0.05, 0.1) is 25.3 Å². The van der Waals surface area contributed by atoms with Gasteiger partial charge in [0.1, 0.15) is 16.7 Å². The molecule has 0 aliphatic heterocycles. The molecule has 0 fully saturated rings. The predicted octanol–water partition coefficient (Wildman–Crippen LogP) is 5.09. The Hall–Kier alpha value is -3.94. The lowest BCUT2D eigenvalue weighted by Gasteiger charge is -2.17. The molecule has 186 valence electrons. The predicted molar refractivity (Wildman–Crippen MR) is 142 cm³/mol. The lowest BCUT2D eigenvalue weighted by atomic mass is 10.1. The van der Waals surface area contributed by atoms with E-state index in [0.29, 0.717) is 53.1 Å². The van der Waals surface area contributed by atoms with Gasteiger partial charge in [0.15, 0.2) is 22.8 Å². The topological polar surface area (TPSA) is 84.1 Å². The van der Waals surface area contributed by atoms with E-state index in [1.54, 1.807) is 14.2 Å². The molecule has 0 saturated carbocycles. The maximum absolute atomic E-state index is 13.9. The van der Waals surface area contributed by atoms with Gasteiger partial charge in [-0.3, -0.25) is 9.36 Å². The maximum Gasteiger partial charge on any atom is 0.265 e. The van der Waals surface area contributed by atoms with Crippen LogP contribution < -0.4 is 15.0 Å². The molecule has 0 amide bonds. The molecule has 3 heterocycles. The number of para-hydroxylation sites is 2. The van der Waals surface area contributed by atoms with Crippen molar-refractivity contribution in [2.75, 3.05) is 14.2 Å². The van der Waals surface area contributed by atoms with Crippen molar-refractivity contribution in [3.05, 3.63) is 64.2 Å². The minimum atomic E-state index is -0.0503. The molecule has 0 N–H and O–H groups in total. The molecule has 0 aliphatic carbocycles. The van der Waals surface area contributed by atoms with Crippen LogP contribution in [0.3, 0.4) is 0 Å². The van der Waals surface area contributed by atoms with Crippen LogP contribution >= 0.6 is 0 Å². The normalized spacial score (nSPS) is 12.5. The standard InChI is InChI=1S/C28H31N5O3/c1-6-17(3)33-23(7-2)31-26-24(28(33)34)25-27(30-20-11-9-8-10-19(20)29-25)32(26)15-14-18-12-13-21(35-4)22(16-18)36-5/h8-13,16-17H,6-7,14-15H2,1-5H3/t17-/m0/s1. The summed E-state index contributed by atoms with van der Waals surface area (Å²) in [6.07, 6.45) is 2.20. The Morgan fingerprint density at radius 1 is 0.917 bits per heavy atom. The Labute approximate surface area is 209 Å². The highest BCUT2D eigenvalue weighted by Gasteiger charge is 2.23. The molecule has 0 unspecified atom stereocenters. The fraction of sp³-hybridized carbons (Fsp3) is 0.357. The minimum absolute atomic E-state index is 0.0444. The van der Waals surface area contributed by atoms with Gasteiger partial charge < -0.3 is 14.0 Å². The molecule has 2 aromatic carbocycles. The van der Waals surface area contributed by atoms with Crippen molar-refractivity contribution >= 4 is 33.2 Å². The summed E-state index contributed by atoms with van der Waals surface area (Å²) in [6, 6.07) is 13.7. The van der Waals surface area contributed by atoms with E-state index in [9.17, 15) is 4.79 Å². The van der Waals surface area contributed by atoms with Crippen molar-refractivity contribution in [2.45, 2.75) is 52.6 Å². The second-order valence-electron chi connectivity index (χ2n) is 8.99. The van der Waals surface area contributed by atoms with Crippen LogP contribution in [-0.2, 0) is 19.4 Å². The van der Waals surface area contributed by atoms with E-state index in [1.807, 2.05) is 58.5 Å². The van der Waals surface area contributed by atoms with E-state index < -0.39 is 0 Å². The van der Waals surface area contributed by atoms with E-state index in [1.165, 1.54) is 0 Å². The molecule has 5 aromatic rings. The number of hydrogen-bond acceptors (Lipinski definition) is 6. The molecule has 0 aliphatic rings. The number of hydrogen-bond donors (Lipinski definition) is 0. The summed E-state index contributed by atoms with van der Waals surface area (Å²) in [4.78, 5) is 28.8. The fourth-order valence-electron chi connectivity index (χ4n) is 4.79. The largest absolute Gasteiger partial charge is 0.493 e. The highest BCUT2D eigenvalue weighted by Crippen LogP contribution is 2.30. The molecule has 5 rings (SSSR count). The van der Waals surface area contributed by atoms with Crippen LogP contribution in [0.5, 0.6) is 11.5 Å². The second-order valence-corrected chi connectivity index (χ2v) is 8.99. The molecule has 0 saturated heterocycles. The van der Waals surface area contributed by atoms with Crippen LogP contribution in [0.25, 0.3) is 33.2 Å². The molecule has 8 nitrogen and oxygen atoms in total. The molecule has 1 atom stereocenters. The molecular weight excluding hydrogens is 454 g/mol. The zero-order valence-corrected chi connectivity index (χ0v) is 21.4. The Bertz CT molecular complexity index is 1640. The van der Waals surface area contributed by atoms with Gasteiger partial charge in [-0.1, -0.05) is 32.0 Å². The van der Waals surface area contributed by atoms with Crippen molar-refractivity contribution in [2.24, 2.45) is 0 Å². The molecular formula is C28H31N5O3. The first-order chi connectivity index (χ1) is 17.5.